The summed E-state index contributed by atoms with van der Waals surface area (Å²) in [6, 6.07) is 1.97. The van der Waals surface area contributed by atoms with Crippen molar-refractivity contribution in [1.29, 1.82) is 0 Å². The van der Waals surface area contributed by atoms with Crippen molar-refractivity contribution in [1.82, 2.24) is 5.32 Å². The van der Waals surface area contributed by atoms with Gasteiger partial charge in [-0.3, -0.25) is 4.79 Å². The standard InChI is InChI=1S/C14H16F4N2O.ClH/c1-2-13(6-3-7-19-13)12(21)20-11-8-9(14(16,17)18)4-5-10(11)15;/h4-5,8,19H,2-3,6-7H2,1H3,(H,20,21);1H. The van der Waals surface area contributed by atoms with E-state index in [2.05, 4.69) is 10.6 Å². The van der Waals surface area contributed by atoms with Crippen LogP contribution in [0.4, 0.5) is 23.2 Å². The van der Waals surface area contributed by atoms with E-state index in [9.17, 15) is 22.4 Å². The zero-order valence-corrected chi connectivity index (χ0v) is 12.7. The molecule has 0 spiro atoms. The number of benzene rings is 1. The predicted molar refractivity (Wildman–Crippen MR) is 77.5 cm³/mol. The second kappa shape index (κ2) is 6.83. The summed E-state index contributed by atoms with van der Waals surface area (Å²) in [4.78, 5) is 12.3. The number of hydrogen-bond acceptors (Lipinski definition) is 2. The van der Waals surface area contributed by atoms with Crippen molar-refractivity contribution in [3.63, 3.8) is 0 Å². The number of amides is 1. The smallest absolute Gasteiger partial charge is 0.322 e. The van der Waals surface area contributed by atoms with Crippen LogP contribution in [0.15, 0.2) is 18.2 Å². The van der Waals surface area contributed by atoms with Gasteiger partial charge in [-0.25, -0.2) is 4.39 Å². The van der Waals surface area contributed by atoms with Crippen LogP contribution in [0.5, 0.6) is 0 Å². The number of nitrogens with one attached hydrogen (secondary N) is 2. The molecule has 1 aromatic carbocycles. The van der Waals surface area contributed by atoms with Gasteiger partial charge in [0.1, 0.15) is 5.82 Å². The summed E-state index contributed by atoms with van der Waals surface area (Å²) in [6.07, 6.45) is -2.72. The van der Waals surface area contributed by atoms with E-state index >= 15 is 0 Å². The molecule has 2 rings (SSSR count). The third-order valence-electron chi connectivity index (χ3n) is 3.82. The first-order chi connectivity index (χ1) is 9.78. The van der Waals surface area contributed by atoms with Crippen molar-refractivity contribution in [3.8, 4) is 0 Å². The number of carbonyl (C=O) groups is 1. The van der Waals surface area contributed by atoms with Crippen molar-refractivity contribution in [2.45, 2.75) is 37.9 Å². The molecule has 1 atom stereocenters. The summed E-state index contributed by atoms with van der Waals surface area (Å²) >= 11 is 0. The largest absolute Gasteiger partial charge is 0.416 e. The van der Waals surface area contributed by atoms with Gasteiger partial charge in [0.25, 0.3) is 0 Å². The normalized spacial score (nSPS) is 21.3. The maximum absolute atomic E-state index is 13.6. The highest BCUT2D eigenvalue weighted by atomic mass is 35.5. The van der Waals surface area contributed by atoms with Crippen molar-refractivity contribution in [2.75, 3.05) is 11.9 Å². The quantitative estimate of drug-likeness (QED) is 0.823. The van der Waals surface area contributed by atoms with Crippen LogP contribution in [-0.2, 0) is 11.0 Å². The first-order valence-electron chi connectivity index (χ1n) is 6.72. The summed E-state index contributed by atoms with van der Waals surface area (Å²) in [5, 5.41) is 5.33. The van der Waals surface area contributed by atoms with Gasteiger partial charge in [-0.1, -0.05) is 6.92 Å². The summed E-state index contributed by atoms with van der Waals surface area (Å²) in [6.45, 7) is 2.47. The van der Waals surface area contributed by atoms with Gasteiger partial charge in [-0.2, -0.15) is 13.2 Å². The van der Waals surface area contributed by atoms with Crippen molar-refractivity contribution >= 4 is 24.0 Å². The van der Waals surface area contributed by atoms with E-state index in [-0.39, 0.29) is 12.4 Å². The lowest BCUT2D eigenvalue weighted by atomic mass is 9.93. The van der Waals surface area contributed by atoms with Crippen LogP contribution in [0.3, 0.4) is 0 Å². The number of alkyl halides is 3. The lowest BCUT2D eigenvalue weighted by molar-refractivity contribution is -0.137. The summed E-state index contributed by atoms with van der Waals surface area (Å²) in [5.74, 6) is -1.39. The molecule has 1 fully saturated rings. The van der Waals surface area contributed by atoms with Crippen LogP contribution < -0.4 is 10.6 Å². The van der Waals surface area contributed by atoms with Gasteiger partial charge in [0, 0.05) is 0 Å². The number of carbonyl (C=O) groups excluding carboxylic acids is 1. The molecule has 2 N–H and O–H groups in total. The molecule has 0 bridgehead atoms. The fraction of sp³-hybridized carbons (Fsp3) is 0.500. The Bertz CT molecular complexity index is 542. The van der Waals surface area contributed by atoms with E-state index in [1.807, 2.05) is 0 Å². The second-order valence-electron chi connectivity index (χ2n) is 5.11. The average molecular weight is 341 g/mol. The molecular formula is C14H17ClF4N2O. The molecule has 0 aliphatic carbocycles. The molecule has 22 heavy (non-hydrogen) atoms. The highest BCUT2D eigenvalue weighted by molar-refractivity contribution is 5.98. The molecule has 124 valence electrons. The van der Waals surface area contributed by atoms with Crippen molar-refractivity contribution < 1.29 is 22.4 Å². The average Bonchev–Trinajstić information content (AvgIpc) is 2.90. The highest BCUT2D eigenvalue weighted by Gasteiger charge is 2.39. The van der Waals surface area contributed by atoms with Gasteiger partial charge in [0.15, 0.2) is 0 Å². The lowest BCUT2D eigenvalue weighted by Crippen LogP contribution is -2.50. The Balaban J connectivity index is 0.00000242. The van der Waals surface area contributed by atoms with E-state index < -0.39 is 34.7 Å². The zero-order chi connectivity index (χ0) is 15.7. The van der Waals surface area contributed by atoms with Crippen LogP contribution in [0, 0.1) is 5.82 Å². The maximum Gasteiger partial charge on any atom is 0.416 e. The summed E-state index contributed by atoms with van der Waals surface area (Å²) in [5.41, 5.74) is -2.28. The van der Waals surface area contributed by atoms with E-state index in [1.165, 1.54) is 0 Å². The third kappa shape index (κ3) is 3.70. The van der Waals surface area contributed by atoms with Crippen LogP contribution in [0.1, 0.15) is 31.7 Å². The molecule has 1 aliphatic heterocycles. The van der Waals surface area contributed by atoms with Gasteiger partial charge in [-0.15, -0.1) is 12.4 Å². The lowest BCUT2D eigenvalue weighted by Gasteiger charge is -2.26. The molecule has 1 amide bonds. The van der Waals surface area contributed by atoms with E-state index in [1.54, 1.807) is 6.92 Å². The minimum atomic E-state index is -4.58. The van der Waals surface area contributed by atoms with E-state index in [0.29, 0.717) is 37.6 Å². The molecule has 3 nitrogen and oxygen atoms in total. The number of hydrogen-bond donors (Lipinski definition) is 2. The van der Waals surface area contributed by atoms with Crippen LogP contribution in [0.25, 0.3) is 0 Å². The molecule has 1 aromatic rings. The van der Waals surface area contributed by atoms with Crippen LogP contribution >= 0.6 is 12.4 Å². The minimum Gasteiger partial charge on any atom is -0.322 e. The van der Waals surface area contributed by atoms with Crippen LogP contribution in [0.2, 0.25) is 0 Å². The first-order valence-corrected chi connectivity index (χ1v) is 6.72. The fourth-order valence-electron chi connectivity index (χ4n) is 2.50. The molecule has 0 radical (unpaired) electrons. The first kappa shape index (κ1) is 18.7. The predicted octanol–water partition coefficient (Wildman–Crippen LogP) is 3.74. The Morgan fingerprint density at radius 3 is 2.59 bits per heavy atom. The van der Waals surface area contributed by atoms with Gasteiger partial charge < -0.3 is 10.6 Å². The molecule has 8 heteroatoms. The van der Waals surface area contributed by atoms with Crippen LogP contribution in [-0.4, -0.2) is 18.0 Å². The Labute approximate surface area is 131 Å². The number of anilines is 1. The molecule has 0 aromatic heterocycles. The second-order valence-corrected chi connectivity index (χ2v) is 5.11. The third-order valence-corrected chi connectivity index (χ3v) is 3.82. The van der Waals surface area contributed by atoms with Crippen molar-refractivity contribution in [3.05, 3.63) is 29.6 Å². The zero-order valence-electron chi connectivity index (χ0n) is 11.9. The Morgan fingerprint density at radius 1 is 1.41 bits per heavy atom. The molecular weight excluding hydrogens is 324 g/mol. The molecule has 0 saturated carbocycles. The summed E-state index contributed by atoms with van der Waals surface area (Å²) in [7, 11) is 0. The Hall–Kier alpha value is -1.34. The number of halogens is 5. The SMILES string of the molecule is CCC1(C(=O)Nc2cc(C(F)(F)F)ccc2F)CCCN1.Cl. The topological polar surface area (TPSA) is 41.1 Å². The molecule has 1 aliphatic rings. The summed E-state index contributed by atoms with van der Waals surface area (Å²) < 4.78 is 51.5. The number of rotatable bonds is 3. The molecule has 1 saturated heterocycles. The fourth-order valence-corrected chi connectivity index (χ4v) is 2.50. The van der Waals surface area contributed by atoms with Gasteiger partial charge >= 0.3 is 6.18 Å². The van der Waals surface area contributed by atoms with Gasteiger partial charge in [0.2, 0.25) is 5.91 Å². The highest BCUT2D eigenvalue weighted by Crippen LogP contribution is 2.32. The van der Waals surface area contributed by atoms with Gasteiger partial charge in [-0.05, 0) is 44.0 Å². The Kier molecular flexibility index (Phi) is 5.81. The Morgan fingerprint density at radius 2 is 2.09 bits per heavy atom. The maximum atomic E-state index is 13.6. The monoisotopic (exact) mass is 340 g/mol. The van der Waals surface area contributed by atoms with E-state index in [4.69, 9.17) is 0 Å². The van der Waals surface area contributed by atoms with Crippen molar-refractivity contribution in [2.24, 2.45) is 0 Å². The molecule has 1 heterocycles. The van der Waals surface area contributed by atoms with Gasteiger partial charge in [0.05, 0.1) is 16.8 Å². The molecule has 1 unspecified atom stereocenters. The minimum absolute atomic E-state index is 0. The van der Waals surface area contributed by atoms with E-state index in [0.717, 1.165) is 6.42 Å².